The molecule has 2 rings (SSSR count). The lowest BCUT2D eigenvalue weighted by atomic mass is 10.4. The van der Waals surface area contributed by atoms with Gasteiger partial charge in [-0.05, 0) is 32.9 Å². The van der Waals surface area contributed by atoms with Crippen LogP contribution in [-0.2, 0) is 12.3 Å². The third-order valence-corrected chi connectivity index (χ3v) is 3.21. The monoisotopic (exact) mass is 248 g/mol. The summed E-state index contributed by atoms with van der Waals surface area (Å²) in [5.74, 6) is 0.815. The Bertz CT molecular complexity index is 487. The molecule has 0 amide bonds. The van der Waals surface area contributed by atoms with Crippen LogP contribution in [0.1, 0.15) is 24.0 Å². The molecule has 0 spiro atoms. The number of hydrogen-bond donors (Lipinski definition) is 0. The number of thioether (sulfide) groups is 1. The first-order valence-corrected chi connectivity index (χ1v) is 6.63. The van der Waals surface area contributed by atoms with E-state index < -0.39 is 0 Å². The van der Waals surface area contributed by atoms with Gasteiger partial charge in [0.05, 0.1) is 5.69 Å². The number of aromatic nitrogens is 4. The number of rotatable bonds is 4. The zero-order chi connectivity index (χ0) is 12.3. The largest absolute Gasteiger partial charge is 0.273 e. The van der Waals surface area contributed by atoms with Gasteiger partial charge in [0.15, 0.2) is 5.16 Å². The van der Waals surface area contributed by atoms with Gasteiger partial charge < -0.3 is 0 Å². The molecule has 0 aliphatic heterocycles. The highest BCUT2D eigenvalue weighted by Gasteiger charge is 2.03. The molecule has 17 heavy (non-hydrogen) atoms. The van der Waals surface area contributed by atoms with Crippen molar-refractivity contribution in [1.82, 2.24) is 19.7 Å². The Morgan fingerprint density at radius 2 is 1.94 bits per heavy atom. The standard InChI is InChI=1S/C12H16N4S/c1-4-16-6-5-11(15-16)8-17-12-13-9(2)7-10(3)14-12/h5-7H,4,8H2,1-3H3. The first kappa shape index (κ1) is 12.1. The summed E-state index contributed by atoms with van der Waals surface area (Å²) in [6.45, 7) is 6.97. The molecule has 2 heterocycles. The summed E-state index contributed by atoms with van der Waals surface area (Å²) in [4.78, 5) is 8.79. The van der Waals surface area contributed by atoms with Gasteiger partial charge in [-0.15, -0.1) is 0 Å². The predicted octanol–water partition coefficient (Wildman–Crippen LogP) is 2.60. The van der Waals surface area contributed by atoms with Crippen molar-refractivity contribution in [3.8, 4) is 0 Å². The molecule has 0 N–H and O–H groups in total. The first-order valence-electron chi connectivity index (χ1n) is 5.65. The molecule has 2 aromatic rings. The normalized spacial score (nSPS) is 10.8. The molecular weight excluding hydrogens is 232 g/mol. The van der Waals surface area contributed by atoms with Crippen molar-refractivity contribution in [2.45, 2.75) is 38.2 Å². The lowest BCUT2D eigenvalue weighted by Gasteiger charge is -2.01. The molecular formula is C12H16N4S. The van der Waals surface area contributed by atoms with E-state index in [1.807, 2.05) is 36.9 Å². The Morgan fingerprint density at radius 3 is 2.53 bits per heavy atom. The van der Waals surface area contributed by atoms with Gasteiger partial charge in [0.2, 0.25) is 0 Å². The zero-order valence-electron chi connectivity index (χ0n) is 10.3. The van der Waals surface area contributed by atoms with E-state index >= 15 is 0 Å². The fourth-order valence-electron chi connectivity index (χ4n) is 1.55. The van der Waals surface area contributed by atoms with Crippen molar-refractivity contribution in [1.29, 1.82) is 0 Å². The van der Waals surface area contributed by atoms with Crippen molar-refractivity contribution >= 4 is 11.8 Å². The van der Waals surface area contributed by atoms with E-state index in [0.29, 0.717) is 0 Å². The Hall–Kier alpha value is -1.36. The average molecular weight is 248 g/mol. The van der Waals surface area contributed by atoms with Gasteiger partial charge in [-0.1, -0.05) is 11.8 Å². The Morgan fingerprint density at radius 1 is 1.24 bits per heavy atom. The van der Waals surface area contributed by atoms with Crippen LogP contribution in [0.2, 0.25) is 0 Å². The molecule has 0 saturated carbocycles. The summed E-state index contributed by atoms with van der Waals surface area (Å²) in [7, 11) is 0. The smallest absolute Gasteiger partial charge is 0.188 e. The van der Waals surface area contributed by atoms with E-state index in [4.69, 9.17) is 0 Å². The molecule has 0 atom stereocenters. The molecule has 0 bridgehead atoms. The predicted molar refractivity (Wildman–Crippen MR) is 69.0 cm³/mol. The molecule has 2 aromatic heterocycles. The van der Waals surface area contributed by atoms with Gasteiger partial charge >= 0.3 is 0 Å². The summed E-state index contributed by atoms with van der Waals surface area (Å²) in [5.41, 5.74) is 3.10. The second kappa shape index (κ2) is 5.31. The van der Waals surface area contributed by atoms with Gasteiger partial charge in [0.1, 0.15) is 0 Å². The minimum atomic E-state index is 0.815. The molecule has 4 nitrogen and oxygen atoms in total. The fourth-order valence-corrected chi connectivity index (χ4v) is 2.40. The van der Waals surface area contributed by atoms with Crippen molar-refractivity contribution in [2.24, 2.45) is 0 Å². The highest BCUT2D eigenvalue weighted by Crippen LogP contribution is 2.18. The SMILES string of the molecule is CCn1ccc(CSc2nc(C)cc(C)n2)n1. The minimum Gasteiger partial charge on any atom is -0.273 e. The van der Waals surface area contributed by atoms with E-state index in [0.717, 1.165) is 34.5 Å². The van der Waals surface area contributed by atoms with Crippen molar-refractivity contribution in [3.05, 3.63) is 35.4 Å². The zero-order valence-corrected chi connectivity index (χ0v) is 11.2. The highest BCUT2D eigenvalue weighted by atomic mass is 32.2. The average Bonchev–Trinajstić information content (AvgIpc) is 2.73. The van der Waals surface area contributed by atoms with Gasteiger partial charge in [0, 0.05) is 29.9 Å². The molecule has 0 aromatic carbocycles. The number of nitrogens with zero attached hydrogens (tertiary/aromatic N) is 4. The molecule has 90 valence electrons. The van der Waals surface area contributed by atoms with Crippen LogP contribution in [0.25, 0.3) is 0 Å². The van der Waals surface area contributed by atoms with Crippen LogP contribution in [0, 0.1) is 13.8 Å². The van der Waals surface area contributed by atoms with Crippen molar-refractivity contribution < 1.29 is 0 Å². The maximum absolute atomic E-state index is 4.43. The van der Waals surface area contributed by atoms with E-state index in [1.165, 1.54) is 0 Å². The molecule has 0 radical (unpaired) electrons. The van der Waals surface area contributed by atoms with Crippen molar-refractivity contribution in [2.75, 3.05) is 0 Å². The quantitative estimate of drug-likeness (QED) is 0.616. The van der Waals surface area contributed by atoms with Crippen molar-refractivity contribution in [3.63, 3.8) is 0 Å². The maximum atomic E-state index is 4.43. The molecule has 5 heteroatoms. The Labute approximate surface area is 105 Å². The van der Waals surface area contributed by atoms with Gasteiger partial charge in [-0.3, -0.25) is 4.68 Å². The summed E-state index contributed by atoms with van der Waals surface area (Å²) in [6, 6.07) is 4.02. The van der Waals surface area contributed by atoms with Crippen LogP contribution in [0.5, 0.6) is 0 Å². The highest BCUT2D eigenvalue weighted by molar-refractivity contribution is 7.98. The maximum Gasteiger partial charge on any atom is 0.188 e. The Balaban J connectivity index is 2.01. The van der Waals surface area contributed by atoms with E-state index in [1.54, 1.807) is 11.8 Å². The molecule has 0 fully saturated rings. The fraction of sp³-hybridized carbons (Fsp3) is 0.417. The second-order valence-electron chi connectivity index (χ2n) is 3.88. The van der Waals surface area contributed by atoms with E-state index in [-0.39, 0.29) is 0 Å². The minimum absolute atomic E-state index is 0.815. The van der Waals surface area contributed by atoms with Crippen LogP contribution in [0.4, 0.5) is 0 Å². The van der Waals surface area contributed by atoms with Gasteiger partial charge in [-0.25, -0.2) is 9.97 Å². The number of hydrogen-bond acceptors (Lipinski definition) is 4. The summed E-state index contributed by atoms with van der Waals surface area (Å²) < 4.78 is 1.93. The van der Waals surface area contributed by atoms with Gasteiger partial charge in [0.25, 0.3) is 0 Å². The first-order chi connectivity index (χ1) is 8.17. The lowest BCUT2D eigenvalue weighted by Crippen LogP contribution is -1.96. The Kier molecular flexibility index (Phi) is 3.78. The topological polar surface area (TPSA) is 43.6 Å². The molecule has 0 aliphatic rings. The third kappa shape index (κ3) is 3.30. The second-order valence-corrected chi connectivity index (χ2v) is 4.83. The van der Waals surface area contributed by atoms with Crippen LogP contribution < -0.4 is 0 Å². The summed E-state index contributed by atoms with van der Waals surface area (Å²) in [5, 5.41) is 5.26. The summed E-state index contributed by atoms with van der Waals surface area (Å²) >= 11 is 1.63. The van der Waals surface area contributed by atoms with E-state index in [2.05, 4.69) is 22.0 Å². The molecule has 0 aliphatic carbocycles. The van der Waals surface area contributed by atoms with Crippen LogP contribution in [-0.4, -0.2) is 19.7 Å². The lowest BCUT2D eigenvalue weighted by molar-refractivity contribution is 0.652. The van der Waals surface area contributed by atoms with Crippen LogP contribution in [0.15, 0.2) is 23.5 Å². The van der Waals surface area contributed by atoms with Crippen LogP contribution in [0.3, 0.4) is 0 Å². The molecule has 0 unspecified atom stereocenters. The third-order valence-electron chi connectivity index (χ3n) is 2.33. The van der Waals surface area contributed by atoms with E-state index in [9.17, 15) is 0 Å². The number of aryl methyl sites for hydroxylation is 3. The van der Waals surface area contributed by atoms with Gasteiger partial charge in [-0.2, -0.15) is 5.10 Å². The van der Waals surface area contributed by atoms with Crippen LogP contribution >= 0.6 is 11.8 Å². The molecule has 0 saturated heterocycles. The summed E-state index contributed by atoms with van der Waals surface area (Å²) in [6.07, 6.45) is 2.00.